The lowest BCUT2D eigenvalue weighted by molar-refractivity contribution is 0.252. The van der Waals surface area contributed by atoms with E-state index in [1.807, 2.05) is 18.2 Å². The van der Waals surface area contributed by atoms with Crippen molar-refractivity contribution in [2.75, 3.05) is 11.9 Å². The second kappa shape index (κ2) is 6.20. The monoisotopic (exact) mass is 286 g/mol. The quantitative estimate of drug-likeness (QED) is 0.834. The third-order valence-electron chi connectivity index (χ3n) is 4.01. The number of amides is 2. The summed E-state index contributed by atoms with van der Waals surface area (Å²) < 4.78 is 5.66. The standard InChI is InChI=1S/C17H22N2O2/c1-12-9-14-10-15(7-8-16(14)21-12)19-17(20)18-11-13-5-3-2-4-6-13/h5,7-8,10,12H,2-4,6,9,11H2,1H3,(H2,18,19,20)/t12-/m1/s1. The molecule has 1 aliphatic heterocycles. The smallest absolute Gasteiger partial charge is 0.319 e. The highest BCUT2D eigenvalue weighted by atomic mass is 16.5. The molecule has 1 aliphatic carbocycles. The minimum absolute atomic E-state index is 0.145. The summed E-state index contributed by atoms with van der Waals surface area (Å²) in [5, 5.41) is 5.82. The van der Waals surface area contributed by atoms with Gasteiger partial charge in [0.15, 0.2) is 0 Å². The first-order valence-corrected chi connectivity index (χ1v) is 7.73. The fraction of sp³-hybridized carbons (Fsp3) is 0.471. The van der Waals surface area contributed by atoms with Crippen molar-refractivity contribution in [2.24, 2.45) is 0 Å². The van der Waals surface area contributed by atoms with Crippen LogP contribution in [-0.2, 0) is 6.42 Å². The van der Waals surface area contributed by atoms with Crippen molar-refractivity contribution in [2.45, 2.75) is 45.1 Å². The van der Waals surface area contributed by atoms with E-state index in [0.29, 0.717) is 6.54 Å². The Balaban J connectivity index is 1.53. The molecule has 0 bridgehead atoms. The van der Waals surface area contributed by atoms with Crippen LogP contribution in [0, 0.1) is 0 Å². The van der Waals surface area contributed by atoms with Crippen LogP contribution in [0.2, 0.25) is 0 Å². The zero-order chi connectivity index (χ0) is 14.7. The summed E-state index contributed by atoms with van der Waals surface area (Å²) >= 11 is 0. The van der Waals surface area contributed by atoms with Crippen LogP contribution < -0.4 is 15.4 Å². The molecule has 1 aromatic carbocycles. The van der Waals surface area contributed by atoms with E-state index >= 15 is 0 Å². The number of nitrogens with one attached hydrogen (secondary N) is 2. The van der Waals surface area contributed by atoms with Gasteiger partial charge >= 0.3 is 6.03 Å². The van der Waals surface area contributed by atoms with Crippen LogP contribution in [0.25, 0.3) is 0 Å². The van der Waals surface area contributed by atoms with Crippen LogP contribution in [0.5, 0.6) is 5.75 Å². The van der Waals surface area contributed by atoms with Gasteiger partial charge in [-0.3, -0.25) is 0 Å². The van der Waals surface area contributed by atoms with Crippen LogP contribution in [0.4, 0.5) is 10.5 Å². The zero-order valence-electron chi connectivity index (χ0n) is 12.4. The van der Waals surface area contributed by atoms with Gasteiger partial charge in [0.1, 0.15) is 11.9 Å². The van der Waals surface area contributed by atoms with Gasteiger partial charge in [0, 0.05) is 18.7 Å². The maximum absolute atomic E-state index is 11.9. The minimum Gasteiger partial charge on any atom is -0.490 e. The van der Waals surface area contributed by atoms with Crippen molar-refractivity contribution in [1.29, 1.82) is 0 Å². The maximum Gasteiger partial charge on any atom is 0.319 e. The molecule has 1 aromatic rings. The van der Waals surface area contributed by atoms with Crippen LogP contribution in [0.1, 0.15) is 38.2 Å². The van der Waals surface area contributed by atoms with E-state index in [0.717, 1.165) is 36.3 Å². The van der Waals surface area contributed by atoms with Gasteiger partial charge in [0.2, 0.25) is 0 Å². The van der Waals surface area contributed by atoms with E-state index in [-0.39, 0.29) is 12.1 Å². The molecule has 0 spiro atoms. The maximum atomic E-state index is 11.9. The third-order valence-corrected chi connectivity index (χ3v) is 4.01. The third kappa shape index (κ3) is 3.57. The molecule has 21 heavy (non-hydrogen) atoms. The predicted molar refractivity (Wildman–Crippen MR) is 83.8 cm³/mol. The Morgan fingerprint density at radius 2 is 2.29 bits per heavy atom. The van der Waals surface area contributed by atoms with Gasteiger partial charge in [-0.1, -0.05) is 11.6 Å². The first kappa shape index (κ1) is 14.0. The molecule has 1 atom stereocenters. The van der Waals surface area contributed by atoms with Crippen molar-refractivity contribution in [3.8, 4) is 5.75 Å². The predicted octanol–water partition coefficient (Wildman–Crippen LogP) is 3.63. The molecule has 3 rings (SSSR count). The molecule has 1 heterocycles. The Kier molecular flexibility index (Phi) is 4.13. The average molecular weight is 286 g/mol. The SMILES string of the molecule is C[C@@H]1Cc2cc(NC(=O)NCC3=CCCCC3)ccc2O1. The van der Waals surface area contributed by atoms with Gasteiger partial charge in [0.05, 0.1) is 0 Å². The summed E-state index contributed by atoms with van der Waals surface area (Å²) in [5.41, 5.74) is 3.32. The van der Waals surface area contributed by atoms with Gasteiger partial charge in [-0.2, -0.15) is 0 Å². The zero-order valence-corrected chi connectivity index (χ0v) is 12.4. The fourth-order valence-corrected chi connectivity index (χ4v) is 2.93. The number of urea groups is 1. The Bertz CT molecular complexity index is 566. The molecular formula is C17H22N2O2. The summed E-state index contributed by atoms with van der Waals surface area (Å²) in [6.45, 7) is 2.70. The van der Waals surface area contributed by atoms with Crippen molar-refractivity contribution < 1.29 is 9.53 Å². The van der Waals surface area contributed by atoms with Crippen molar-refractivity contribution in [3.63, 3.8) is 0 Å². The number of carbonyl (C=O) groups excluding carboxylic acids is 1. The Morgan fingerprint density at radius 3 is 3.10 bits per heavy atom. The van der Waals surface area contributed by atoms with E-state index in [4.69, 9.17) is 4.74 Å². The van der Waals surface area contributed by atoms with Crippen molar-refractivity contribution >= 4 is 11.7 Å². The van der Waals surface area contributed by atoms with Gasteiger partial charge in [-0.15, -0.1) is 0 Å². The first-order valence-electron chi connectivity index (χ1n) is 7.73. The summed E-state index contributed by atoms with van der Waals surface area (Å²) in [6, 6.07) is 5.67. The number of carbonyl (C=O) groups is 1. The van der Waals surface area contributed by atoms with Crippen LogP contribution >= 0.6 is 0 Å². The average Bonchev–Trinajstić information content (AvgIpc) is 2.85. The van der Waals surface area contributed by atoms with Gasteiger partial charge in [-0.25, -0.2) is 4.79 Å². The number of ether oxygens (including phenoxy) is 1. The highest BCUT2D eigenvalue weighted by molar-refractivity contribution is 5.89. The molecule has 0 unspecified atom stereocenters. The van der Waals surface area contributed by atoms with Crippen LogP contribution in [0.3, 0.4) is 0 Å². The van der Waals surface area contributed by atoms with Crippen LogP contribution in [-0.4, -0.2) is 18.7 Å². The largest absolute Gasteiger partial charge is 0.490 e. The Labute approximate surface area is 125 Å². The molecule has 2 N–H and O–H groups in total. The van der Waals surface area contributed by atoms with E-state index in [1.54, 1.807) is 0 Å². The lowest BCUT2D eigenvalue weighted by Gasteiger charge is -2.14. The second-order valence-corrected chi connectivity index (χ2v) is 5.87. The second-order valence-electron chi connectivity index (χ2n) is 5.87. The molecule has 2 aliphatic rings. The number of hydrogen-bond acceptors (Lipinski definition) is 2. The number of hydrogen-bond donors (Lipinski definition) is 2. The highest BCUT2D eigenvalue weighted by Gasteiger charge is 2.19. The van der Waals surface area contributed by atoms with E-state index in [9.17, 15) is 4.79 Å². The fourth-order valence-electron chi connectivity index (χ4n) is 2.93. The van der Waals surface area contributed by atoms with E-state index in [1.165, 1.54) is 18.4 Å². The number of rotatable bonds is 3. The molecule has 4 heteroatoms. The number of allylic oxidation sites excluding steroid dienone is 1. The highest BCUT2D eigenvalue weighted by Crippen LogP contribution is 2.30. The first-order chi connectivity index (χ1) is 10.2. The Hall–Kier alpha value is -1.97. The van der Waals surface area contributed by atoms with Crippen molar-refractivity contribution in [1.82, 2.24) is 5.32 Å². The normalized spacial score (nSPS) is 20.2. The van der Waals surface area contributed by atoms with E-state index in [2.05, 4.69) is 23.6 Å². The Morgan fingerprint density at radius 1 is 1.38 bits per heavy atom. The lowest BCUT2D eigenvalue weighted by Crippen LogP contribution is -2.30. The lowest BCUT2D eigenvalue weighted by atomic mass is 10.00. The minimum atomic E-state index is -0.145. The topological polar surface area (TPSA) is 50.4 Å². The molecule has 4 nitrogen and oxygen atoms in total. The number of anilines is 1. The van der Waals surface area contributed by atoms with E-state index < -0.39 is 0 Å². The van der Waals surface area contributed by atoms with Gasteiger partial charge in [0.25, 0.3) is 0 Å². The summed E-state index contributed by atoms with van der Waals surface area (Å²) in [6.07, 6.45) is 8.12. The molecule has 112 valence electrons. The molecule has 0 fully saturated rings. The summed E-state index contributed by atoms with van der Waals surface area (Å²) in [7, 11) is 0. The molecule has 0 radical (unpaired) electrons. The van der Waals surface area contributed by atoms with Crippen molar-refractivity contribution in [3.05, 3.63) is 35.4 Å². The summed E-state index contributed by atoms with van der Waals surface area (Å²) in [5.74, 6) is 0.931. The number of fused-ring (bicyclic) bond motifs is 1. The molecule has 0 aromatic heterocycles. The molecule has 0 saturated carbocycles. The van der Waals surface area contributed by atoms with Gasteiger partial charge < -0.3 is 15.4 Å². The molecular weight excluding hydrogens is 264 g/mol. The summed E-state index contributed by atoms with van der Waals surface area (Å²) in [4.78, 5) is 11.9. The number of benzene rings is 1. The van der Waals surface area contributed by atoms with Gasteiger partial charge in [-0.05, 0) is 56.4 Å². The molecule has 2 amide bonds. The molecule has 0 saturated heterocycles. The van der Waals surface area contributed by atoms with Crippen LogP contribution in [0.15, 0.2) is 29.8 Å².